The minimum atomic E-state index is -0.603. The van der Waals surface area contributed by atoms with Crippen LogP contribution in [0.15, 0.2) is 35.5 Å². The minimum Gasteiger partial charge on any atom is -0.493 e. The van der Waals surface area contributed by atoms with E-state index in [9.17, 15) is 9.59 Å². The van der Waals surface area contributed by atoms with Crippen molar-refractivity contribution in [3.8, 4) is 5.75 Å². The molecule has 0 unspecified atom stereocenters. The number of nitrogens with one attached hydrogen (secondary N) is 2. The first-order valence-electron chi connectivity index (χ1n) is 7.16. The molecule has 0 saturated heterocycles. The second-order valence-corrected chi connectivity index (χ2v) is 4.95. The Labute approximate surface area is 129 Å². The molecule has 0 aromatic heterocycles. The molecule has 1 heterocycles. The number of rotatable bonds is 5. The summed E-state index contributed by atoms with van der Waals surface area (Å²) < 4.78 is 10.6. The van der Waals surface area contributed by atoms with Crippen molar-refractivity contribution in [2.75, 3.05) is 13.7 Å². The zero-order valence-corrected chi connectivity index (χ0v) is 12.9. The van der Waals surface area contributed by atoms with Crippen molar-refractivity contribution in [3.05, 3.63) is 41.1 Å². The van der Waals surface area contributed by atoms with E-state index in [-0.39, 0.29) is 6.03 Å². The zero-order valence-electron chi connectivity index (χ0n) is 12.9. The fourth-order valence-electron chi connectivity index (χ4n) is 2.37. The summed E-state index contributed by atoms with van der Waals surface area (Å²) in [5.74, 6) is 0.158. The highest BCUT2D eigenvalue weighted by Crippen LogP contribution is 2.33. The number of hydrogen-bond donors (Lipinski definition) is 2. The van der Waals surface area contributed by atoms with Crippen LogP contribution in [0.25, 0.3) is 0 Å². The summed E-state index contributed by atoms with van der Waals surface area (Å²) in [7, 11) is 1.32. The first-order chi connectivity index (χ1) is 10.6. The summed E-state index contributed by atoms with van der Waals surface area (Å²) in [6, 6.07) is 6.38. The Morgan fingerprint density at radius 3 is 2.73 bits per heavy atom. The summed E-state index contributed by atoms with van der Waals surface area (Å²) in [5, 5.41) is 5.35. The van der Waals surface area contributed by atoms with E-state index in [1.807, 2.05) is 31.2 Å². The van der Waals surface area contributed by atoms with Gasteiger partial charge in [-0.3, -0.25) is 0 Å². The normalized spacial score (nSPS) is 17.6. The van der Waals surface area contributed by atoms with Crippen LogP contribution in [0, 0.1) is 0 Å². The zero-order chi connectivity index (χ0) is 16.1. The van der Waals surface area contributed by atoms with Crippen molar-refractivity contribution in [1.29, 1.82) is 0 Å². The number of esters is 1. The molecule has 2 N–H and O–H groups in total. The van der Waals surface area contributed by atoms with Crippen molar-refractivity contribution in [2.24, 2.45) is 0 Å². The van der Waals surface area contributed by atoms with Gasteiger partial charge in [0.05, 0.1) is 25.3 Å². The molecular weight excluding hydrogens is 284 g/mol. The number of hydrogen-bond acceptors (Lipinski definition) is 4. The highest BCUT2D eigenvalue weighted by Gasteiger charge is 2.33. The number of allylic oxidation sites excluding steroid dienone is 1. The fourth-order valence-corrected chi connectivity index (χ4v) is 2.37. The Morgan fingerprint density at radius 1 is 1.32 bits per heavy atom. The maximum atomic E-state index is 12.1. The van der Waals surface area contributed by atoms with Gasteiger partial charge in [-0.2, -0.15) is 0 Å². The first kappa shape index (κ1) is 15.9. The first-order valence-corrected chi connectivity index (χ1v) is 7.16. The Balaban J connectivity index is 2.46. The van der Waals surface area contributed by atoms with Crippen LogP contribution >= 0.6 is 0 Å². The molecule has 1 aliphatic heterocycles. The lowest BCUT2D eigenvalue weighted by Crippen LogP contribution is -2.45. The Hall–Kier alpha value is -2.50. The molecule has 1 aromatic carbocycles. The van der Waals surface area contributed by atoms with Crippen molar-refractivity contribution in [3.63, 3.8) is 0 Å². The van der Waals surface area contributed by atoms with Gasteiger partial charge in [-0.05, 0) is 19.4 Å². The van der Waals surface area contributed by atoms with Crippen LogP contribution in [0.5, 0.6) is 5.75 Å². The number of carbonyl (C=O) groups is 2. The van der Waals surface area contributed by atoms with Gasteiger partial charge in [-0.15, -0.1) is 0 Å². The number of benzene rings is 1. The Morgan fingerprint density at radius 2 is 2.05 bits per heavy atom. The molecule has 0 aliphatic carbocycles. The van der Waals surface area contributed by atoms with E-state index < -0.39 is 12.0 Å². The summed E-state index contributed by atoms with van der Waals surface area (Å²) in [6.07, 6.45) is 0.867. The molecule has 1 atom stereocenters. The maximum absolute atomic E-state index is 12.1. The number of para-hydroxylation sites is 1. The Bertz CT molecular complexity index is 610. The molecule has 0 fully saturated rings. The van der Waals surface area contributed by atoms with Crippen LogP contribution < -0.4 is 15.4 Å². The third kappa shape index (κ3) is 3.21. The minimum absolute atomic E-state index is 0.361. The molecule has 0 spiro atoms. The Kier molecular flexibility index (Phi) is 5.04. The van der Waals surface area contributed by atoms with Crippen molar-refractivity contribution in [1.82, 2.24) is 10.6 Å². The predicted octanol–water partition coefficient (Wildman–Crippen LogP) is 2.28. The average molecular weight is 304 g/mol. The quantitative estimate of drug-likeness (QED) is 0.818. The van der Waals surface area contributed by atoms with Gasteiger partial charge in [0, 0.05) is 11.3 Å². The van der Waals surface area contributed by atoms with Crippen LogP contribution in [-0.2, 0) is 9.53 Å². The van der Waals surface area contributed by atoms with Crippen molar-refractivity contribution in [2.45, 2.75) is 26.3 Å². The van der Waals surface area contributed by atoms with E-state index in [1.54, 1.807) is 6.92 Å². The topological polar surface area (TPSA) is 76.7 Å². The molecule has 2 amide bonds. The van der Waals surface area contributed by atoms with Gasteiger partial charge in [0.25, 0.3) is 0 Å². The second-order valence-electron chi connectivity index (χ2n) is 4.95. The third-order valence-corrected chi connectivity index (χ3v) is 3.37. The fraction of sp³-hybridized carbons (Fsp3) is 0.375. The van der Waals surface area contributed by atoms with Gasteiger partial charge in [0.15, 0.2) is 0 Å². The number of amides is 2. The molecule has 6 nitrogen and oxygen atoms in total. The van der Waals surface area contributed by atoms with Crippen LogP contribution in [0.2, 0.25) is 0 Å². The molecule has 22 heavy (non-hydrogen) atoms. The lowest BCUT2D eigenvalue weighted by Gasteiger charge is -2.28. The monoisotopic (exact) mass is 304 g/mol. The van der Waals surface area contributed by atoms with Crippen LogP contribution in [0.1, 0.15) is 31.9 Å². The van der Waals surface area contributed by atoms with Crippen molar-refractivity contribution < 1.29 is 19.1 Å². The van der Waals surface area contributed by atoms with Gasteiger partial charge < -0.3 is 20.1 Å². The smallest absolute Gasteiger partial charge is 0.337 e. The third-order valence-electron chi connectivity index (χ3n) is 3.37. The number of methoxy groups -OCH3 is 1. The van der Waals surface area contributed by atoms with E-state index in [2.05, 4.69) is 10.6 Å². The molecule has 0 bridgehead atoms. The van der Waals surface area contributed by atoms with Gasteiger partial charge in [-0.25, -0.2) is 9.59 Å². The number of carbonyl (C=O) groups excluding carboxylic acids is 2. The standard InChI is InChI=1S/C16H20N2O4/c1-4-9-22-12-8-6-5-7-11(12)14-13(15(19)21-3)10(2)17-16(20)18-14/h5-8,14H,4,9H2,1-3H3,(H2,17,18,20)/t14-/m0/s1. The van der Waals surface area contributed by atoms with Crippen LogP contribution in [-0.4, -0.2) is 25.7 Å². The second kappa shape index (κ2) is 6.98. The van der Waals surface area contributed by atoms with E-state index in [0.717, 1.165) is 12.0 Å². The highest BCUT2D eigenvalue weighted by atomic mass is 16.5. The average Bonchev–Trinajstić information content (AvgIpc) is 2.51. The van der Waals surface area contributed by atoms with Crippen molar-refractivity contribution >= 4 is 12.0 Å². The van der Waals surface area contributed by atoms with Gasteiger partial charge in [0.1, 0.15) is 5.75 Å². The molecule has 118 valence electrons. The van der Waals surface area contributed by atoms with Gasteiger partial charge in [-0.1, -0.05) is 25.1 Å². The molecule has 0 saturated carbocycles. The van der Waals surface area contributed by atoms with E-state index in [0.29, 0.717) is 23.6 Å². The molecular formula is C16H20N2O4. The number of urea groups is 1. The molecule has 6 heteroatoms. The molecule has 1 aliphatic rings. The maximum Gasteiger partial charge on any atom is 0.337 e. The SMILES string of the molecule is CCCOc1ccccc1[C@@H]1NC(=O)NC(C)=C1C(=O)OC. The molecule has 2 rings (SSSR count). The predicted molar refractivity (Wildman–Crippen MR) is 81.4 cm³/mol. The molecule has 0 radical (unpaired) electrons. The van der Waals surface area contributed by atoms with E-state index >= 15 is 0 Å². The largest absolute Gasteiger partial charge is 0.493 e. The van der Waals surface area contributed by atoms with Crippen LogP contribution in [0.4, 0.5) is 4.79 Å². The summed E-state index contributed by atoms with van der Waals surface area (Å²) in [5.41, 5.74) is 1.58. The summed E-state index contributed by atoms with van der Waals surface area (Å²) in [4.78, 5) is 23.9. The van der Waals surface area contributed by atoms with E-state index in [4.69, 9.17) is 9.47 Å². The highest BCUT2D eigenvalue weighted by molar-refractivity contribution is 5.95. The van der Waals surface area contributed by atoms with Gasteiger partial charge >= 0.3 is 12.0 Å². The summed E-state index contributed by atoms with van der Waals surface area (Å²) in [6.45, 7) is 4.25. The van der Waals surface area contributed by atoms with E-state index in [1.165, 1.54) is 7.11 Å². The molecule has 1 aromatic rings. The lowest BCUT2D eigenvalue weighted by molar-refractivity contribution is -0.136. The van der Waals surface area contributed by atoms with Crippen LogP contribution in [0.3, 0.4) is 0 Å². The lowest BCUT2D eigenvalue weighted by atomic mass is 9.95. The summed E-state index contributed by atoms with van der Waals surface area (Å²) >= 11 is 0. The van der Waals surface area contributed by atoms with Gasteiger partial charge in [0.2, 0.25) is 0 Å². The number of ether oxygens (including phenoxy) is 2.